The SMILES string of the molecule is COc1ccc2c(c1OC)C(=O)N1[C@H]2SC(C)(C)[C@H]1C(=O)NC1CCCCC1. The molecule has 1 saturated heterocycles. The van der Waals surface area contributed by atoms with E-state index in [-0.39, 0.29) is 28.0 Å². The van der Waals surface area contributed by atoms with Gasteiger partial charge in [-0.05, 0) is 32.8 Å². The van der Waals surface area contributed by atoms with E-state index in [0.29, 0.717) is 17.1 Å². The molecule has 0 unspecified atom stereocenters. The smallest absolute Gasteiger partial charge is 0.260 e. The third-order valence-electron chi connectivity index (χ3n) is 6.10. The van der Waals surface area contributed by atoms with Crippen LogP contribution in [0.4, 0.5) is 0 Å². The molecule has 2 fully saturated rings. The maximum absolute atomic E-state index is 13.4. The highest BCUT2D eigenvalue weighted by Gasteiger charge is 2.58. The zero-order valence-corrected chi connectivity index (χ0v) is 17.7. The van der Waals surface area contributed by atoms with Crippen molar-refractivity contribution < 1.29 is 19.1 Å². The number of fused-ring (bicyclic) bond motifs is 3. The minimum Gasteiger partial charge on any atom is -0.493 e. The van der Waals surface area contributed by atoms with Crippen LogP contribution in [-0.2, 0) is 4.79 Å². The topological polar surface area (TPSA) is 67.9 Å². The summed E-state index contributed by atoms with van der Waals surface area (Å²) in [5.41, 5.74) is 1.42. The molecule has 0 bridgehead atoms. The van der Waals surface area contributed by atoms with Gasteiger partial charge >= 0.3 is 0 Å². The van der Waals surface area contributed by atoms with Crippen molar-refractivity contribution in [1.29, 1.82) is 0 Å². The number of amides is 2. The summed E-state index contributed by atoms with van der Waals surface area (Å²) in [4.78, 5) is 28.4. The van der Waals surface area contributed by atoms with E-state index < -0.39 is 6.04 Å². The summed E-state index contributed by atoms with van der Waals surface area (Å²) in [5.74, 6) is 0.782. The van der Waals surface area contributed by atoms with E-state index >= 15 is 0 Å². The standard InChI is InChI=1S/C21H28N2O4S/c1-21(2)17(18(24)22-12-8-6-5-7-9-12)23-19(25)15-13(20(23)28-21)10-11-14(26-3)16(15)27-4/h10-12,17,20H,5-9H2,1-4H3,(H,22,24)/t17-,20+/m1/s1. The van der Waals surface area contributed by atoms with Crippen molar-refractivity contribution in [2.75, 3.05) is 14.2 Å². The lowest BCUT2D eigenvalue weighted by Gasteiger charge is -2.32. The van der Waals surface area contributed by atoms with Crippen molar-refractivity contribution in [2.45, 2.75) is 68.2 Å². The van der Waals surface area contributed by atoms with Crippen LogP contribution in [0.15, 0.2) is 12.1 Å². The molecule has 1 saturated carbocycles. The Balaban J connectivity index is 1.67. The zero-order valence-electron chi connectivity index (χ0n) is 16.9. The second-order valence-electron chi connectivity index (χ2n) is 8.30. The van der Waals surface area contributed by atoms with E-state index in [1.165, 1.54) is 6.42 Å². The van der Waals surface area contributed by atoms with Gasteiger partial charge < -0.3 is 19.7 Å². The molecule has 2 heterocycles. The van der Waals surface area contributed by atoms with Gasteiger partial charge in [0.2, 0.25) is 5.91 Å². The quantitative estimate of drug-likeness (QED) is 0.832. The lowest BCUT2D eigenvalue weighted by Crippen LogP contribution is -2.54. The molecule has 7 heteroatoms. The predicted molar refractivity (Wildman–Crippen MR) is 109 cm³/mol. The number of nitrogens with zero attached hydrogens (tertiary/aromatic N) is 1. The number of ether oxygens (including phenoxy) is 2. The Labute approximate surface area is 170 Å². The van der Waals surface area contributed by atoms with Gasteiger partial charge in [0.05, 0.1) is 19.8 Å². The third kappa shape index (κ3) is 2.95. The van der Waals surface area contributed by atoms with Crippen molar-refractivity contribution in [3.8, 4) is 11.5 Å². The van der Waals surface area contributed by atoms with Gasteiger partial charge in [-0.3, -0.25) is 9.59 Å². The van der Waals surface area contributed by atoms with Crippen molar-refractivity contribution in [3.63, 3.8) is 0 Å². The van der Waals surface area contributed by atoms with Gasteiger partial charge in [0.25, 0.3) is 5.91 Å². The van der Waals surface area contributed by atoms with Crippen LogP contribution >= 0.6 is 11.8 Å². The number of carbonyl (C=O) groups is 2. The fourth-order valence-electron chi connectivity index (χ4n) is 4.78. The van der Waals surface area contributed by atoms with Gasteiger partial charge in [0.15, 0.2) is 11.5 Å². The molecule has 1 aromatic rings. The summed E-state index contributed by atoms with van der Waals surface area (Å²) in [6.07, 6.45) is 5.59. The Morgan fingerprint density at radius 2 is 1.89 bits per heavy atom. The van der Waals surface area contributed by atoms with Crippen LogP contribution in [0.5, 0.6) is 11.5 Å². The number of thioether (sulfide) groups is 1. The molecule has 4 rings (SSSR count). The molecular weight excluding hydrogens is 376 g/mol. The van der Waals surface area contributed by atoms with Gasteiger partial charge in [-0.1, -0.05) is 25.3 Å². The average molecular weight is 405 g/mol. The largest absolute Gasteiger partial charge is 0.493 e. The first-order chi connectivity index (χ1) is 13.4. The van der Waals surface area contributed by atoms with Crippen LogP contribution in [0, 0.1) is 0 Å². The number of methoxy groups -OCH3 is 2. The predicted octanol–water partition coefficient (Wildman–Crippen LogP) is 3.50. The molecule has 1 aromatic carbocycles. The van der Waals surface area contributed by atoms with E-state index in [4.69, 9.17) is 9.47 Å². The number of rotatable bonds is 4. The van der Waals surface area contributed by atoms with Crippen molar-refractivity contribution >= 4 is 23.6 Å². The highest BCUT2D eigenvalue weighted by molar-refractivity contribution is 8.01. The average Bonchev–Trinajstić information content (AvgIpc) is 3.11. The summed E-state index contributed by atoms with van der Waals surface area (Å²) in [7, 11) is 3.10. The molecule has 1 N–H and O–H groups in total. The summed E-state index contributed by atoms with van der Waals surface area (Å²) < 4.78 is 10.5. The fraction of sp³-hybridized carbons (Fsp3) is 0.619. The van der Waals surface area contributed by atoms with E-state index in [9.17, 15) is 9.59 Å². The van der Waals surface area contributed by atoms with E-state index in [1.807, 2.05) is 12.1 Å². The monoisotopic (exact) mass is 404 g/mol. The highest BCUT2D eigenvalue weighted by Crippen LogP contribution is 2.58. The molecule has 28 heavy (non-hydrogen) atoms. The fourth-order valence-corrected chi connectivity index (χ4v) is 6.36. The molecule has 0 radical (unpaired) electrons. The minimum atomic E-state index is -0.514. The molecule has 1 aliphatic carbocycles. The van der Waals surface area contributed by atoms with Gasteiger partial charge in [0.1, 0.15) is 11.4 Å². The Morgan fingerprint density at radius 3 is 2.54 bits per heavy atom. The van der Waals surface area contributed by atoms with Crippen molar-refractivity contribution in [1.82, 2.24) is 10.2 Å². The van der Waals surface area contributed by atoms with Crippen molar-refractivity contribution in [2.24, 2.45) is 0 Å². The second-order valence-corrected chi connectivity index (χ2v) is 10.0. The number of carbonyl (C=O) groups excluding carboxylic acids is 2. The number of hydrogen-bond acceptors (Lipinski definition) is 5. The van der Waals surface area contributed by atoms with Gasteiger partial charge in [-0.15, -0.1) is 11.8 Å². The summed E-state index contributed by atoms with van der Waals surface area (Å²) in [6, 6.07) is 3.46. The number of hydrogen-bond donors (Lipinski definition) is 1. The van der Waals surface area contributed by atoms with Crippen LogP contribution in [0.2, 0.25) is 0 Å². The normalized spacial score (nSPS) is 26.0. The minimum absolute atomic E-state index is 0.0426. The third-order valence-corrected chi connectivity index (χ3v) is 7.63. The van der Waals surface area contributed by atoms with Crippen LogP contribution in [0.1, 0.15) is 67.2 Å². The summed E-state index contributed by atoms with van der Waals surface area (Å²) in [5, 5.41) is 3.04. The number of nitrogens with one attached hydrogen (secondary N) is 1. The molecule has 2 atom stereocenters. The molecule has 2 amide bonds. The van der Waals surface area contributed by atoms with Crippen LogP contribution in [0.25, 0.3) is 0 Å². The summed E-state index contributed by atoms with van der Waals surface area (Å²) in [6.45, 7) is 4.10. The Bertz CT molecular complexity index is 804. The Kier molecular flexibility index (Phi) is 4.98. The van der Waals surface area contributed by atoms with Crippen LogP contribution in [0.3, 0.4) is 0 Å². The molecule has 0 spiro atoms. The first kappa shape index (κ1) is 19.4. The molecule has 3 aliphatic rings. The second kappa shape index (κ2) is 7.17. The highest BCUT2D eigenvalue weighted by atomic mass is 32.2. The van der Waals surface area contributed by atoms with Gasteiger partial charge in [0, 0.05) is 16.4 Å². The molecule has 0 aromatic heterocycles. The first-order valence-electron chi connectivity index (χ1n) is 9.94. The molecule has 2 aliphatic heterocycles. The van der Waals surface area contributed by atoms with E-state index in [2.05, 4.69) is 19.2 Å². The zero-order chi connectivity index (χ0) is 20.1. The van der Waals surface area contributed by atoms with Crippen molar-refractivity contribution in [3.05, 3.63) is 23.3 Å². The van der Waals surface area contributed by atoms with E-state index in [1.54, 1.807) is 30.9 Å². The van der Waals surface area contributed by atoms with E-state index in [0.717, 1.165) is 31.2 Å². The molecule has 152 valence electrons. The summed E-state index contributed by atoms with van der Waals surface area (Å²) >= 11 is 1.66. The first-order valence-corrected chi connectivity index (χ1v) is 10.8. The van der Waals surface area contributed by atoms with Crippen LogP contribution in [-0.4, -0.2) is 47.8 Å². The Hall–Kier alpha value is -1.89. The van der Waals surface area contributed by atoms with Gasteiger partial charge in [-0.2, -0.15) is 0 Å². The lowest BCUT2D eigenvalue weighted by molar-refractivity contribution is -0.127. The maximum atomic E-state index is 13.4. The number of benzene rings is 1. The maximum Gasteiger partial charge on any atom is 0.260 e. The van der Waals surface area contributed by atoms with Crippen LogP contribution < -0.4 is 14.8 Å². The Morgan fingerprint density at radius 1 is 1.18 bits per heavy atom. The molecule has 6 nitrogen and oxygen atoms in total. The molecular formula is C21H28N2O4S. The van der Waals surface area contributed by atoms with Gasteiger partial charge in [-0.25, -0.2) is 0 Å². The lowest BCUT2D eigenvalue weighted by atomic mass is 9.94.